The Labute approximate surface area is 209 Å². The minimum atomic E-state index is -1.16. The molecular formula is C28H29NO7. The summed E-state index contributed by atoms with van der Waals surface area (Å²) in [4.78, 5) is 34.8. The number of nitrogens with one attached hydrogen (secondary N) is 1. The van der Waals surface area contributed by atoms with Crippen molar-refractivity contribution in [3.8, 4) is 11.5 Å². The van der Waals surface area contributed by atoms with Crippen LogP contribution in [0, 0.1) is 0 Å². The highest BCUT2D eigenvalue weighted by molar-refractivity contribution is 5.94. The molecule has 3 aromatic rings. The molecule has 36 heavy (non-hydrogen) atoms. The fraction of sp³-hybridized carbons (Fsp3) is 0.250. The van der Waals surface area contributed by atoms with Crippen molar-refractivity contribution in [1.29, 1.82) is 0 Å². The first-order valence-electron chi connectivity index (χ1n) is 11.7. The van der Waals surface area contributed by atoms with Gasteiger partial charge in [-0.15, -0.1) is 0 Å². The molecule has 0 spiro atoms. The Morgan fingerprint density at radius 2 is 1.47 bits per heavy atom. The van der Waals surface area contributed by atoms with Gasteiger partial charge in [0.2, 0.25) is 5.91 Å². The van der Waals surface area contributed by atoms with E-state index in [0.717, 1.165) is 29.9 Å². The second-order valence-electron chi connectivity index (χ2n) is 8.16. The minimum absolute atomic E-state index is 0.0372. The Morgan fingerprint density at radius 3 is 2.17 bits per heavy atom. The van der Waals surface area contributed by atoms with Gasteiger partial charge in [0, 0.05) is 12.1 Å². The molecule has 0 heterocycles. The quantitative estimate of drug-likeness (QED) is 0.276. The Balaban J connectivity index is 1.44. The molecule has 0 bridgehead atoms. The van der Waals surface area contributed by atoms with Gasteiger partial charge >= 0.3 is 11.9 Å². The molecule has 0 atom stereocenters. The van der Waals surface area contributed by atoms with Gasteiger partial charge in [-0.05, 0) is 72.9 Å². The van der Waals surface area contributed by atoms with Crippen molar-refractivity contribution in [2.75, 3.05) is 18.5 Å². The van der Waals surface area contributed by atoms with Gasteiger partial charge in [0.15, 0.2) is 0 Å². The Hall–Kier alpha value is -4.33. The topological polar surface area (TPSA) is 122 Å². The smallest absolute Gasteiger partial charge is 0.335 e. The molecule has 8 heteroatoms. The number of hydrogen-bond donors (Lipinski definition) is 3. The summed E-state index contributed by atoms with van der Waals surface area (Å²) in [5.74, 6) is -0.999. The number of aliphatic carboxylic acids is 1. The minimum Gasteiger partial charge on any atom is -0.494 e. The van der Waals surface area contributed by atoms with Gasteiger partial charge in [-0.2, -0.15) is 0 Å². The lowest BCUT2D eigenvalue weighted by Gasteiger charge is -2.12. The first-order chi connectivity index (χ1) is 17.4. The molecule has 3 rings (SSSR count). The van der Waals surface area contributed by atoms with Gasteiger partial charge in [-0.3, -0.25) is 9.59 Å². The van der Waals surface area contributed by atoms with E-state index in [-0.39, 0.29) is 23.5 Å². The maximum Gasteiger partial charge on any atom is 0.335 e. The van der Waals surface area contributed by atoms with Crippen molar-refractivity contribution in [3.05, 3.63) is 89.5 Å². The highest BCUT2D eigenvalue weighted by Crippen LogP contribution is 2.20. The maximum atomic E-state index is 12.5. The summed E-state index contributed by atoms with van der Waals surface area (Å²) in [6, 6.07) is 21.2. The number of benzene rings is 3. The van der Waals surface area contributed by atoms with Gasteiger partial charge in [-0.1, -0.05) is 30.3 Å². The van der Waals surface area contributed by atoms with Crippen LogP contribution in [0.2, 0.25) is 0 Å². The van der Waals surface area contributed by atoms with Crippen LogP contribution in [0.4, 0.5) is 5.69 Å². The monoisotopic (exact) mass is 491 g/mol. The summed E-state index contributed by atoms with van der Waals surface area (Å²) in [5.41, 5.74) is 1.42. The number of anilines is 1. The molecule has 0 radical (unpaired) electrons. The number of rotatable bonds is 14. The molecule has 0 aliphatic heterocycles. The van der Waals surface area contributed by atoms with E-state index >= 15 is 0 Å². The van der Waals surface area contributed by atoms with E-state index in [1.54, 1.807) is 0 Å². The Bertz CT molecular complexity index is 1180. The number of amides is 1. The Morgan fingerprint density at radius 1 is 0.778 bits per heavy atom. The van der Waals surface area contributed by atoms with Crippen LogP contribution in [0.1, 0.15) is 40.7 Å². The molecule has 188 valence electrons. The fourth-order valence-electron chi connectivity index (χ4n) is 3.52. The number of unbranched alkanes of at least 4 members (excludes halogenated alkanes) is 1. The zero-order chi connectivity index (χ0) is 25.8. The molecule has 0 aliphatic rings. The SMILES string of the molecule is O=C(O)Cc1cc(C(=O)O)ccc1NC(=O)CCc1cccc(OCCCCOc2ccccc2)c1. The molecule has 0 unspecified atom stereocenters. The number of aromatic carboxylic acids is 1. The lowest BCUT2D eigenvalue weighted by molar-refractivity contribution is -0.136. The summed E-state index contributed by atoms with van der Waals surface area (Å²) >= 11 is 0. The van der Waals surface area contributed by atoms with Gasteiger partial charge in [0.1, 0.15) is 11.5 Å². The number of ether oxygens (including phenoxy) is 2. The van der Waals surface area contributed by atoms with Crippen molar-refractivity contribution in [3.63, 3.8) is 0 Å². The van der Waals surface area contributed by atoms with Gasteiger partial charge < -0.3 is 25.0 Å². The molecule has 0 saturated heterocycles. The van der Waals surface area contributed by atoms with Crippen LogP contribution in [0.15, 0.2) is 72.8 Å². The molecule has 3 N–H and O–H groups in total. The number of carbonyl (C=O) groups excluding carboxylic acids is 1. The number of carbonyl (C=O) groups is 3. The van der Waals surface area contributed by atoms with Crippen LogP contribution < -0.4 is 14.8 Å². The third kappa shape index (κ3) is 8.79. The predicted octanol–water partition coefficient (Wildman–Crippen LogP) is 4.82. The zero-order valence-electron chi connectivity index (χ0n) is 19.8. The third-order valence-electron chi connectivity index (χ3n) is 5.33. The first kappa shape index (κ1) is 26.3. The van der Waals surface area contributed by atoms with Crippen molar-refractivity contribution in [2.24, 2.45) is 0 Å². The summed E-state index contributed by atoms with van der Waals surface area (Å²) in [6.45, 7) is 1.18. The molecule has 3 aromatic carbocycles. The van der Waals surface area contributed by atoms with Crippen LogP contribution in [0.5, 0.6) is 11.5 Å². The third-order valence-corrected chi connectivity index (χ3v) is 5.33. The van der Waals surface area contributed by atoms with E-state index in [0.29, 0.717) is 25.3 Å². The van der Waals surface area contributed by atoms with E-state index in [2.05, 4.69) is 5.32 Å². The van der Waals surface area contributed by atoms with Gasteiger partial charge in [-0.25, -0.2) is 4.79 Å². The van der Waals surface area contributed by atoms with Crippen LogP contribution in [0.25, 0.3) is 0 Å². The number of hydrogen-bond acceptors (Lipinski definition) is 5. The molecule has 0 aromatic heterocycles. The van der Waals surface area contributed by atoms with Crippen LogP contribution in [0.3, 0.4) is 0 Å². The average molecular weight is 492 g/mol. The van der Waals surface area contributed by atoms with E-state index in [9.17, 15) is 14.4 Å². The number of para-hydroxylation sites is 1. The molecule has 8 nitrogen and oxygen atoms in total. The van der Waals surface area contributed by atoms with E-state index in [1.165, 1.54) is 18.2 Å². The maximum absolute atomic E-state index is 12.5. The van der Waals surface area contributed by atoms with Crippen molar-refractivity contribution < 1.29 is 34.1 Å². The second-order valence-corrected chi connectivity index (χ2v) is 8.16. The average Bonchev–Trinajstić information content (AvgIpc) is 2.86. The predicted molar refractivity (Wildman–Crippen MR) is 135 cm³/mol. The van der Waals surface area contributed by atoms with E-state index < -0.39 is 18.4 Å². The lowest BCUT2D eigenvalue weighted by Crippen LogP contribution is -2.15. The van der Waals surface area contributed by atoms with Gasteiger partial charge in [0.05, 0.1) is 25.2 Å². The van der Waals surface area contributed by atoms with E-state index in [4.69, 9.17) is 19.7 Å². The van der Waals surface area contributed by atoms with Crippen molar-refractivity contribution >= 4 is 23.5 Å². The normalized spacial score (nSPS) is 10.4. The van der Waals surface area contributed by atoms with E-state index in [1.807, 2.05) is 54.6 Å². The summed E-state index contributed by atoms with van der Waals surface area (Å²) in [7, 11) is 0. The van der Waals surface area contributed by atoms with Crippen LogP contribution in [-0.4, -0.2) is 41.3 Å². The van der Waals surface area contributed by atoms with Crippen molar-refractivity contribution in [1.82, 2.24) is 0 Å². The first-order valence-corrected chi connectivity index (χ1v) is 11.7. The molecule has 0 fully saturated rings. The molecule has 1 amide bonds. The molecular weight excluding hydrogens is 462 g/mol. The highest BCUT2D eigenvalue weighted by Gasteiger charge is 2.13. The van der Waals surface area contributed by atoms with Crippen LogP contribution >= 0.6 is 0 Å². The standard InChI is InChI=1S/C28H29NO7/c30-26(29-25-13-12-21(28(33)34)18-22(25)19-27(31)32)14-11-20-7-6-10-24(17-20)36-16-5-4-15-35-23-8-2-1-3-9-23/h1-3,6-10,12-13,17-18H,4-5,11,14-16,19H2,(H,29,30)(H,31,32)(H,33,34). The molecule has 0 saturated carbocycles. The zero-order valence-corrected chi connectivity index (χ0v) is 19.8. The number of aryl methyl sites for hydroxylation is 1. The largest absolute Gasteiger partial charge is 0.494 e. The highest BCUT2D eigenvalue weighted by atomic mass is 16.5. The lowest BCUT2D eigenvalue weighted by atomic mass is 10.0. The van der Waals surface area contributed by atoms with Crippen LogP contribution in [-0.2, 0) is 22.4 Å². The summed E-state index contributed by atoms with van der Waals surface area (Å²) in [5, 5.41) is 20.9. The van der Waals surface area contributed by atoms with Gasteiger partial charge in [0.25, 0.3) is 0 Å². The number of carboxylic acids is 2. The summed E-state index contributed by atoms with van der Waals surface area (Å²) < 4.78 is 11.5. The summed E-state index contributed by atoms with van der Waals surface area (Å²) in [6.07, 6.45) is 1.96. The molecule has 0 aliphatic carbocycles. The van der Waals surface area contributed by atoms with Crippen molar-refractivity contribution in [2.45, 2.75) is 32.1 Å². The fourth-order valence-corrected chi connectivity index (χ4v) is 3.52. The Kier molecular flexibility index (Phi) is 9.88. The second kappa shape index (κ2) is 13.5. The number of carboxylic acid groups (broad SMARTS) is 2.